The van der Waals surface area contributed by atoms with E-state index in [1.165, 1.54) is 6.33 Å². The molecular weight excluding hydrogens is 314 g/mol. The number of nitrogens with one attached hydrogen (secondary N) is 1. The maximum Gasteiger partial charge on any atom is 0.136 e. The van der Waals surface area contributed by atoms with Crippen LogP contribution in [0.1, 0.15) is 0 Å². The van der Waals surface area contributed by atoms with Crippen molar-refractivity contribution in [3.8, 4) is 6.07 Å². The number of hydrogen-bond acceptors (Lipinski definition) is 6. The van der Waals surface area contributed by atoms with Gasteiger partial charge < -0.3 is 10.2 Å². The number of rotatable bonds is 4. The minimum absolute atomic E-state index is 0.293. The molecule has 0 fully saturated rings. The van der Waals surface area contributed by atoms with Crippen molar-refractivity contribution in [1.29, 1.82) is 5.26 Å². The van der Waals surface area contributed by atoms with Gasteiger partial charge in [-0.3, -0.25) is 0 Å². The van der Waals surface area contributed by atoms with Gasteiger partial charge in [0.1, 0.15) is 24.5 Å². The molecule has 0 aliphatic rings. The van der Waals surface area contributed by atoms with E-state index < -0.39 is 0 Å². The van der Waals surface area contributed by atoms with E-state index in [0.717, 1.165) is 8.79 Å². The molecule has 0 aromatic carbocycles. The van der Waals surface area contributed by atoms with Crippen LogP contribution >= 0.6 is 27.3 Å². The molecule has 1 N–H and O–H groups in total. The molecule has 0 amide bonds. The summed E-state index contributed by atoms with van der Waals surface area (Å²) >= 11 is 4.99. The van der Waals surface area contributed by atoms with Gasteiger partial charge in [-0.2, -0.15) is 5.26 Å². The molecule has 0 aliphatic heterocycles. The molecule has 0 saturated carbocycles. The normalized spacial score (nSPS) is 9.83. The fourth-order valence-corrected chi connectivity index (χ4v) is 2.61. The van der Waals surface area contributed by atoms with Crippen molar-refractivity contribution in [3.05, 3.63) is 28.3 Å². The van der Waals surface area contributed by atoms with Crippen LogP contribution in [-0.4, -0.2) is 23.6 Å². The Labute approximate surface area is 117 Å². The second-order valence-corrected chi connectivity index (χ2v) is 5.97. The van der Waals surface area contributed by atoms with E-state index >= 15 is 0 Å². The zero-order chi connectivity index (χ0) is 13.0. The summed E-state index contributed by atoms with van der Waals surface area (Å²) < 4.78 is 1.06. The van der Waals surface area contributed by atoms with Crippen LogP contribution in [0.3, 0.4) is 0 Å². The van der Waals surface area contributed by atoms with Gasteiger partial charge in [0.2, 0.25) is 0 Å². The lowest BCUT2D eigenvalue weighted by molar-refractivity contribution is 0.981. The molecule has 5 nitrogen and oxygen atoms in total. The first-order valence-corrected chi connectivity index (χ1v) is 6.72. The first kappa shape index (κ1) is 12.8. The standard InChI is InChI=1S/C11H10BrN5S/c1-17(5-4-13)10-6-9(14-7-15-10)16-11-3-2-8(12)18-11/h2-3,6-7H,5H2,1H3,(H,14,15,16). The number of aromatic nitrogens is 2. The minimum Gasteiger partial charge on any atom is -0.346 e. The van der Waals surface area contributed by atoms with Crippen LogP contribution in [0.4, 0.5) is 16.6 Å². The quantitative estimate of drug-likeness (QED) is 0.876. The van der Waals surface area contributed by atoms with Gasteiger partial charge in [-0.05, 0) is 28.1 Å². The Hall–Kier alpha value is -1.65. The van der Waals surface area contributed by atoms with Crippen LogP contribution in [0, 0.1) is 11.3 Å². The topological polar surface area (TPSA) is 64.8 Å². The highest BCUT2D eigenvalue weighted by Gasteiger charge is 2.05. The first-order chi connectivity index (χ1) is 8.69. The number of nitrogens with zero attached hydrogens (tertiary/aromatic N) is 4. The third-order valence-electron chi connectivity index (χ3n) is 2.18. The highest BCUT2D eigenvalue weighted by atomic mass is 79.9. The SMILES string of the molecule is CN(CC#N)c1cc(Nc2ccc(Br)s2)ncn1. The molecule has 2 rings (SSSR count). The molecule has 0 unspecified atom stereocenters. The minimum atomic E-state index is 0.293. The molecule has 7 heteroatoms. The number of hydrogen-bond donors (Lipinski definition) is 1. The van der Waals surface area contributed by atoms with E-state index in [2.05, 4.69) is 37.3 Å². The number of thiophene rings is 1. The number of halogens is 1. The van der Waals surface area contributed by atoms with E-state index in [-0.39, 0.29) is 0 Å². The Balaban J connectivity index is 2.15. The van der Waals surface area contributed by atoms with E-state index in [1.54, 1.807) is 16.2 Å². The number of anilines is 3. The van der Waals surface area contributed by atoms with Crippen molar-refractivity contribution in [2.24, 2.45) is 0 Å². The van der Waals surface area contributed by atoms with Gasteiger partial charge in [-0.25, -0.2) is 9.97 Å². The third-order valence-corrected chi connectivity index (χ3v) is 3.72. The molecule has 0 saturated heterocycles. The fourth-order valence-electron chi connectivity index (χ4n) is 1.32. The van der Waals surface area contributed by atoms with Crippen molar-refractivity contribution in [3.63, 3.8) is 0 Å². The highest BCUT2D eigenvalue weighted by Crippen LogP contribution is 2.29. The molecule has 0 atom stereocenters. The van der Waals surface area contributed by atoms with Gasteiger partial charge in [0.25, 0.3) is 0 Å². The molecule has 2 aromatic rings. The molecule has 2 aromatic heterocycles. The Morgan fingerprint density at radius 2 is 2.33 bits per heavy atom. The summed E-state index contributed by atoms with van der Waals surface area (Å²) in [4.78, 5) is 10.0. The van der Waals surface area contributed by atoms with Gasteiger partial charge in [-0.1, -0.05) is 0 Å². The molecular formula is C11H10BrN5S. The monoisotopic (exact) mass is 323 g/mol. The predicted molar refractivity (Wildman–Crippen MR) is 76.2 cm³/mol. The fraction of sp³-hybridized carbons (Fsp3) is 0.182. The summed E-state index contributed by atoms with van der Waals surface area (Å²) in [5.41, 5.74) is 0. The zero-order valence-corrected chi connectivity index (χ0v) is 12.0. The summed E-state index contributed by atoms with van der Waals surface area (Å²) in [6, 6.07) is 7.83. The largest absolute Gasteiger partial charge is 0.346 e. The molecule has 0 spiro atoms. The van der Waals surface area contributed by atoms with E-state index in [0.29, 0.717) is 18.2 Å². The van der Waals surface area contributed by atoms with Crippen molar-refractivity contribution in [2.75, 3.05) is 23.8 Å². The van der Waals surface area contributed by atoms with Crippen molar-refractivity contribution >= 4 is 43.9 Å². The average molecular weight is 324 g/mol. The smallest absolute Gasteiger partial charge is 0.136 e. The van der Waals surface area contributed by atoms with E-state index in [4.69, 9.17) is 5.26 Å². The highest BCUT2D eigenvalue weighted by molar-refractivity contribution is 9.11. The molecule has 92 valence electrons. The van der Waals surface area contributed by atoms with Gasteiger partial charge in [0.15, 0.2) is 0 Å². The predicted octanol–water partition coefficient (Wildman–Crippen LogP) is 3.00. The van der Waals surface area contributed by atoms with E-state index in [9.17, 15) is 0 Å². The maximum atomic E-state index is 8.65. The second kappa shape index (κ2) is 5.80. The molecule has 0 radical (unpaired) electrons. The van der Waals surface area contributed by atoms with Gasteiger partial charge in [0.05, 0.1) is 14.9 Å². The lowest BCUT2D eigenvalue weighted by atomic mass is 10.4. The first-order valence-electron chi connectivity index (χ1n) is 5.11. The molecule has 0 bridgehead atoms. The van der Waals surface area contributed by atoms with Crippen LogP contribution < -0.4 is 10.2 Å². The van der Waals surface area contributed by atoms with E-state index in [1.807, 2.05) is 25.2 Å². The molecule has 0 aliphatic carbocycles. The lowest BCUT2D eigenvalue weighted by Crippen LogP contribution is -2.18. The van der Waals surface area contributed by atoms with Crippen molar-refractivity contribution in [2.45, 2.75) is 0 Å². The third kappa shape index (κ3) is 3.18. The summed E-state index contributed by atoms with van der Waals surface area (Å²) in [5, 5.41) is 12.8. The zero-order valence-electron chi connectivity index (χ0n) is 9.59. The summed E-state index contributed by atoms with van der Waals surface area (Å²) in [6.45, 7) is 0.293. The average Bonchev–Trinajstić information content (AvgIpc) is 2.75. The molecule has 2 heterocycles. The lowest BCUT2D eigenvalue weighted by Gasteiger charge is -2.14. The van der Waals surface area contributed by atoms with Crippen molar-refractivity contribution in [1.82, 2.24) is 9.97 Å². The molecule has 18 heavy (non-hydrogen) atoms. The Morgan fingerprint density at radius 1 is 1.50 bits per heavy atom. The van der Waals surface area contributed by atoms with Gasteiger partial charge >= 0.3 is 0 Å². The second-order valence-electron chi connectivity index (χ2n) is 3.50. The van der Waals surface area contributed by atoms with Crippen LogP contribution in [0.2, 0.25) is 0 Å². The Bertz CT molecular complexity index is 577. The van der Waals surface area contributed by atoms with Crippen LogP contribution in [0.15, 0.2) is 28.3 Å². The van der Waals surface area contributed by atoms with Crippen LogP contribution in [0.25, 0.3) is 0 Å². The van der Waals surface area contributed by atoms with Crippen LogP contribution in [-0.2, 0) is 0 Å². The van der Waals surface area contributed by atoms with Crippen molar-refractivity contribution < 1.29 is 0 Å². The summed E-state index contributed by atoms with van der Waals surface area (Å²) in [7, 11) is 1.82. The summed E-state index contributed by atoms with van der Waals surface area (Å²) in [5.74, 6) is 1.42. The summed E-state index contributed by atoms with van der Waals surface area (Å²) in [6.07, 6.45) is 1.48. The maximum absolute atomic E-state index is 8.65. The Kier molecular flexibility index (Phi) is 4.12. The van der Waals surface area contributed by atoms with Gasteiger partial charge in [0, 0.05) is 13.1 Å². The Morgan fingerprint density at radius 3 is 3.00 bits per heavy atom. The van der Waals surface area contributed by atoms with Gasteiger partial charge in [-0.15, -0.1) is 11.3 Å². The van der Waals surface area contributed by atoms with Crippen LogP contribution in [0.5, 0.6) is 0 Å². The number of nitriles is 1.